The Bertz CT molecular complexity index is 580. The lowest BCUT2D eigenvalue weighted by Crippen LogP contribution is -2.47. The number of hydrogen-bond acceptors (Lipinski definition) is 7. The third-order valence-electron chi connectivity index (χ3n) is 3.50. The van der Waals surface area contributed by atoms with Crippen LogP contribution in [-0.2, 0) is 0 Å². The van der Waals surface area contributed by atoms with Gasteiger partial charge in [0.15, 0.2) is 0 Å². The molecule has 0 N–H and O–H groups in total. The van der Waals surface area contributed by atoms with Gasteiger partial charge in [0.25, 0.3) is 5.88 Å². The zero-order valence-corrected chi connectivity index (χ0v) is 12.4. The highest BCUT2D eigenvalue weighted by atomic mass is 32.1. The van der Waals surface area contributed by atoms with Gasteiger partial charge in [0.05, 0.1) is 18.8 Å². The van der Waals surface area contributed by atoms with Gasteiger partial charge < -0.3 is 14.5 Å². The molecule has 0 spiro atoms. The second-order valence-corrected chi connectivity index (χ2v) is 5.24. The maximum Gasteiger partial charge on any atom is 0.270 e. The Labute approximate surface area is 122 Å². The second-order valence-electron chi connectivity index (χ2n) is 4.72. The minimum atomic E-state index is 0.623. The summed E-state index contributed by atoms with van der Waals surface area (Å²) in [6, 6.07) is 4.07. The average molecular weight is 291 g/mol. The molecule has 0 radical (unpaired) electrons. The summed E-state index contributed by atoms with van der Waals surface area (Å²) in [6.45, 7) is 5.76. The monoisotopic (exact) mass is 291 g/mol. The molecule has 0 aliphatic carbocycles. The van der Waals surface area contributed by atoms with E-state index in [9.17, 15) is 0 Å². The van der Waals surface area contributed by atoms with E-state index in [1.807, 2.05) is 12.3 Å². The maximum atomic E-state index is 5.24. The normalized spacial score (nSPS) is 15.5. The summed E-state index contributed by atoms with van der Waals surface area (Å²) >= 11 is 1.19. The predicted octanol–water partition coefficient (Wildman–Crippen LogP) is 1.58. The van der Waals surface area contributed by atoms with Crippen LogP contribution in [0.2, 0.25) is 0 Å². The van der Waals surface area contributed by atoms with Gasteiger partial charge in [-0.05, 0) is 18.6 Å². The van der Waals surface area contributed by atoms with Crippen LogP contribution in [0.4, 0.5) is 11.6 Å². The molecule has 20 heavy (non-hydrogen) atoms. The fourth-order valence-corrected chi connectivity index (χ4v) is 2.98. The Balaban J connectivity index is 1.70. The van der Waals surface area contributed by atoms with Crippen LogP contribution in [0.3, 0.4) is 0 Å². The van der Waals surface area contributed by atoms with Gasteiger partial charge in [-0.15, -0.1) is 4.37 Å². The van der Waals surface area contributed by atoms with Gasteiger partial charge in [-0.2, -0.15) is 4.37 Å². The lowest BCUT2D eigenvalue weighted by atomic mass is 10.2. The first-order valence-corrected chi connectivity index (χ1v) is 7.30. The van der Waals surface area contributed by atoms with Gasteiger partial charge in [0.1, 0.15) is 5.82 Å². The summed E-state index contributed by atoms with van der Waals surface area (Å²) in [5.41, 5.74) is 1.22. The van der Waals surface area contributed by atoms with Crippen LogP contribution < -0.4 is 14.5 Å². The molecule has 1 aliphatic heterocycles. The van der Waals surface area contributed by atoms with Crippen molar-refractivity contribution in [2.75, 3.05) is 43.1 Å². The van der Waals surface area contributed by atoms with E-state index < -0.39 is 0 Å². The summed E-state index contributed by atoms with van der Waals surface area (Å²) in [5.74, 6) is 2.56. The lowest BCUT2D eigenvalue weighted by Gasteiger charge is -2.36. The highest BCUT2D eigenvalue weighted by Gasteiger charge is 2.23. The minimum absolute atomic E-state index is 0.623. The smallest absolute Gasteiger partial charge is 0.270 e. The van der Waals surface area contributed by atoms with Crippen molar-refractivity contribution in [3.63, 3.8) is 0 Å². The molecule has 3 rings (SSSR count). The number of aryl methyl sites for hydroxylation is 1. The van der Waals surface area contributed by atoms with Crippen molar-refractivity contribution in [2.45, 2.75) is 6.92 Å². The maximum absolute atomic E-state index is 5.24. The SMILES string of the molecule is COc1nsnc1N1CCN(c2ncccc2C)CC1. The summed E-state index contributed by atoms with van der Waals surface area (Å²) in [4.78, 5) is 9.02. The number of methoxy groups -OCH3 is 1. The number of hydrogen-bond donors (Lipinski definition) is 0. The van der Waals surface area contributed by atoms with E-state index in [0.717, 1.165) is 37.8 Å². The van der Waals surface area contributed by atoms with Crippen molar-refractivity contribution >= 4 is 23.4 Å². The van der Waals surface area contributed by atoms with Crippen molar-refractivity contribution in [1.29, 1.82) is 0 Å². The zero-order valence-electron chi connectivity index (χ0n) is 11.6. The molecule has 0 saturated carbocycles. The predicted molar refractivity (Wildman–Crippen MR) is 79.9 cm³/mol. The van der Waals surface area contributed by atoms with Gasteiger partial charge in [-0.1, -0.05) is 6.07 Å². The minimum Gasteiger partial charge on any atom is -0.478 e. The van der Waals surface area contributed by atoms with Crippen LogP contribution in [0, 0.1) is 6.92 Å². The van der Waals surface area contributed by atoms with Crippen LogP contribution >= 0.6 is 11.7 Å². The van der Waals surface area contributed by atoms with E-state index in [2.05, 4.69) is 36.5 Å². The summed E-state index contributed by atoms with van der Waals surface area (Å²) in [5, 5.41) is 0. The van der Waals surface area contributed by atoms with E-state index >= 15 is 0 Å². The molecule has 3 heterocycles. The van der Waals surface area contributed by atoms with E-state index in [4.69, 9.17) is 4.74 Å². The van der Waals surface area contributed by atoms with Crippen LogP contribution in [0.15, 0.2) is 18.3 Å². The molecule has 6 nitrogen and oxygen atoms in total. The summed E-state index contributed by atoms with van der Waals surface area (Å²) < 4.78 is 13.7. The fraction of sp³-hybridized carbons (Fsp3) is 0.462. The first kappa shape index (κ1) is 13.1. The second kappa shape index (κ2) is 5.62. The number of ether oxygens (including phenoxy) is 1. The van der Waals surface area contributed by atoms with Crippen molar-refractivity contribution in [2.24, 2.45) is 0 Å². The molecule has 1 aliphatic rings. The summed E-state index contributed by atoms with van der Waals surface area (Å²) in [7, 11) is 1.63. The van der Waals surface area contributed by atoms with Gasteiger partial charge >= 0.3 is 0 Å². The van der Waals surface area contributed by atoms with Crippen molar-refractivity contribution in [1.82, 2.24) is 13.7 Å². The van der Waals surface area contributed by atoms with E-state index in [1.165, 1.54) is 17.3 Å². The molecule has 0 atom stereocenters. The molecular weight excluding hydrogens is 274 g/mol. The van der Waals surface area contributed by atoms with Crippen LogP contribution in [0.25, 0.3) is 0 Å². The first-order valence-electron chi connectivity index (χ1n) is 6.57. The number of aromatic nitrogens is 3. The quantitative estimate of drug-likeness (QED) is 0.856. The Morgan fingerprint density at radius 2 is 1.80 bits per heavy atom. The molecule has 0 amide bonds. The van der Waals surface area contributed by atoms with Crippen LogP contribution in [-0.4, -0.2) is 47.0 Å². The number of pyridine rings is 1. The molecule has 1 fully saturated rings. The fourth-order valence-electron chi connectivity index (χ4n) is 2.44. The Kier molecular flexibility index (Phi) is 3.68. The third kappa shape index (κ3) is 2.40. The third-order valence-corrected chi connectivity index (χ3v) is 4.00. The van der Waals surface area contributed by atoms with Gasteiger partial charge in [0.2, 0.25) is 5.82 Å². The Morgan fingerprint density at radius 1 is 1.10 bits per heavy atom. The highest BCUT2D eigenvalue weighted by molar-refractivity contribution is 6.99. The lowest BCUT2D eigenvalue weighted by molar-refractivity contribution is 0.400. The van der Waals surface area contributed by atoms with E-state index in [-0.39, 0.29) is 0 Å². The Morgan fingerprint density at radius 3 is 2.45 bits per heavy atom. The van der Waals surface area contributed by atoms with Crippen LogP contribution in [0.1, 0.15) is 5.56 Å². The molecule has 2 aromatic rings. The van der Waals surface area contributed by atoms with Crippen molar-refractivity contribution < 1.29 is 4.74 Å². The Hall–Kier alpha value is -1.89. The molecule has 0 aromatic carbocycles. The topological polar surface area (TPSA) is 54.4 Å². The molecule has 2 aromatic heterocycles. The highest BCUT2D eigenvalue weighted by Crippen LogP contribution is 2.27. The van der Waals surface area contributed by atoms with Crippen molar-refractivity contribution in [3.8, 4) is 5.88 Å². The first-order chi connectivity index (χ1) is 9.79. The van der Waals surface area contributed by atoms with Crippen LogP contribution in [0.5, 0.6) is 5.88 Å². The number of piperazine rings is 1. The molecule has 7 heteroatoms. The molecular formula is C13H17N5OS. The average Bonchev–Trinajstić information content (AvgIpc) is 2.96. The number of nitrogens with zero attached hydrogens (tertiary/aromatic N) is 5. The zero-order chi connectivity index (χ0) is 13.9. The van der Waals surface area contributed by atoms with E-state index in [1.54, 1.807) is 7.11 Å². The van der Waals surface area contributed by atoms with Gasteiger partial charge in [-0.3, -0.25) is 0 Å². The molecule has 0 unspecified atom stereocenters. The molecule has 106 valence electrons. The molecule has 0 bridgehead atoms. The number of anilines is 2. The van der Waals surface area contributed by atoms with Gasteiger partial charge in [-0.25, -0.2) is 4.98 Å². The summed E-state index contributed by atoms with van der Waals surface area (Å²) in [6.07, 6.45) is 1.85. The number of rotatable bonds is 3. The van der Waals surface area contributed by atoms with E-state index in [0.29, 0.717) is 5.88 Å². The standard InChI is InChI=1S/C13H17N5OS/c1-10-4-3-5-14-11(10)17-6-8-18(9-7-17)12-13(19-2)16-20-15-12/h3-5H,6-9H2,1-2H3. The van der Waals surface area contributed by atoms with Gasteiger partial charge in [0, 0.05) is 32.4 Å². The molecule has 1 saturated heterocycles. The van der Waals surface area contributed by atoms with Crippen molar-refractivity contribution in [3.05, 3.63) is 23.9 Å². The largest absolute Gasteiger partial charge is 0.478 e.